The lowest BCUT2D eigenvalue weighted by atomic mass is 10.0. The second kappa shape index (κ2) is 8.22. The number of ether oxygens (including phenoxy) is 2. The van der Waals surface area contributed by atoms with Crippen molar-refractivity contribution in [1.29, 1.82) is 0 Å². The fourth-order valence-electron chi connectivity index (χ4n) is 3.04. The van der Waals surface area contributed by atoms with Crippen LogP contribution in [0.3, 0.4) is 0 Å². The summed E-state index contributed by atoms with van der Waals surface area (Å²) in [6, 6.07) is 17.0. The Balaban J connectivity index is 1.40. The molecule has 1 aromatic heterocycles. The maximum absolute atomic E-state index is 12.4. The molecule has 148 valence electrons. The molecule has 0 saturated heterocycles. The predicted molar refractivity (Wildman–Crippen MR) is 113 cm³/mol. The van der Waals surface area contributed by atoms with Crippen molar-refractivity contribution in [2.75, 3.05) is 23.8 Å². The first-order valence-corrected chi connectivity index (χ1v) is 9.62. The van der Waals surface area contributed by atoms with Gasteiger partial charge in [0.15, 0.2) is 11.5 Å². The van der Waals surface area contributed by atoms with E-state index in [4.69, 9.17) is 9.47 Å². The van der Waals surface area contributed by atoms with Crippen LogP contribution in [0.15, 0.2) is 60.8 Å². The van der Waals surface area contributed by atoms with Crippen molar-refractivity contribution in [3.63, 3.8) is 0 Å². The number of anilines is 3. The van der Waals surface area contributed by atoms with Gasteiger partial charge in [-0.05, 0) is 47.9 Å². The summed E-state index contributed by atoms with van der Waals surface area (Å²) in [5, 5.41) is 6.13. The Morgan fingerprint density at radius 2 is 1.59 bits per heavy atom. The summed E-state index contributed by atoms with van der Waals surface area (Å²) in [4.78, 5) is 16.7. The van der Waals surface area contributed by atoms with Crippen LogP contribution < -0.4 is 20.1 Å². The second-order valence-electron chi connectivity index (χ2n) is 7.15. The number of pyridine rings is 1. The number of fused-ring (bicyclic) bond motifs is 1. The zero-order valence-corrected chi connectivity index (χ0v) is 16.4. The maximum atomic E-state index is 12.4. The Bertz CT molecular complexity index is 999. The highest BCUT2D eigenvalue weighted by atomic mass is 16.6. The summed E-state index contributed by atoms with van der Waals surface area (Å²) >= 11 is 0. The highest BCUT2D eigenvalue weighted by Crippen LogP contribution is 2.33. The largest absolute Gasteiger partial charge is 0.486 e. The van der Waals surface area contributed by atoms with Gasteiger partial charge in [0, 0.05) is 17.4 Å². The average molecular weight is 389 g/mol. The number of hydrogen-bond acceptors (Lipinski definition) is 5. The molecule has 6 heteroatoms. The Hall–Kier alpha value is -3.54. The van der Waals surface area contributed by atoms with Crippen LogP contribution >= 0.6 is 0 Å². The van der Waals surface area contributed by atoms with Crippen molar-refractivity contribution in [2.24, 2.45) is 0 Å². The topological polar surface area (TPSA) is 72.5 Å². The van der Waals surface area contributed by atoms with Crippen molar-refractivity contribution in [1.82, 2.24) is 4.98 Å². The van der Waals surface area contributed by atoms with E-state index >= 15 is 0 Å². The fraction of sp³-hybridized carbons (Fsp3) is 0.217. The Morgan fingerprint density at radius 1 is 0.897 bits per heavy atom. The van der Waals surface area contributed by atoms with Crippen LogP contribution in [-0.4, -0.2) is 24.1 Å². The number of aromatic nitrogens is 1. The molecule has 0 radical (unpaired) electrons. The molecular formula is C23H23N3O3. The van der Waals surface area contributed by atoms with E-state index in [0.717, 1.165) is 22.8 Å². The number of benzene rings is 2. The lowest BCUT2D eigenvalue weighted by Crippen LogP contribution is -2.15. The second-order valence-corrected chi connectivity index (χ2v) is 7.15. The van der Waals surface area contributed by atoms with Crippen molar-refractivity contribution >= 4 is 23.0 Å². The van der Waals surface area contributed by atoms with Gasteiger partial charge in [-0.2, -0.15) is 0 Å². The van der Waals surface area contributed by atoms with Crippen molar-refractivity contribution < 1.29 is 14.3 Å². The van der Waals surface area contributed by atoms with Crippen molar-refractivity contribution in [3.05, 3.63) is 72.1 Å². The van der Waals surface area contributed by atoms with Gasteiger partial charge in [-0.25, -0.2) is 4.98 Å². The molecule has 0 fully saturated rings. The van der Waals surface area contributed by atoms with Gasteiger partial charge in [0.1, 0.15) is 18.9 Å². The van der Waals surface area contributed by atoms with E-state index in [0.29, 0.717) is 30.6 Å². The van der Waals surface area contributed by atoms with Gasteiger partial charge < -0.3 is 20.1 Å². The van der Waals surface area contributed by atoms with E-state index in [1.54, 1.807) is 12.3 Å². The summed E-state index contributed by atoms with van der Waals surface area (Å²) in [5.41, 5.74) is 3.97. The highest BCUT2D eigenvalue weighted by Gasteiger charge is 2.12. The highest BCUT2D eigenvalue weighted by molar-refractivity contribution is 6.03. The molecule has 0 unspecified atom stereocenters. The van der Waals surface area contributed by atoms with E-state index in [1.165, 1.54) is 5.56 Å². The fourth-order valence-corrected chi connectivity index (χ4v) is 3.04. The first kappa shape index (κ1) is 18.8. The van der Waals surface area contributed by atoms with E-state index in [9.17, 15) is 4.79 Å². The third kappa shape index (κ3) is 4.48. The van der Waals surface area contributed by atoms with Gasteiger partial charge in [0.2, 0.25) is 0 Å². The van der Waals surface area contributed by atoms with Crippen LogP contribution in [-0.2, 0) is 0 Å². The number of nitrogens with zero attached hydrogens (tertiary/aromatic N) is 1. The molecule has 2 N–H and O–H groups in total. The average Bonchev–Trinajstić information content (AvgIpc) is 2.74. The SMILES string of the molecule is CC(C)c1ccc(NC(=O)c2ccc(Nc3ccc4c(c3)OCCO4)cn2)cc1. The molecular weight excluding hydrogens is 366 g/mol. The van der Waals surface area contributed by atoms with Crippen LogP contribution in [0.25, 0.3) is 0 Å². The Kier molecular flexibility index (Phi) is 5.33. The number of nitrogens with one attached hydrogen (secondary N) is 2. The summed E-state index contributed by atoms with van der Waals surface area (Å²) in [7, 11) is 0. The van der Waals surface area contributed by atoms with Crippen LogP contribution in [0.5, 0.6) is 11.5 Å². The van der Waals surface area contributed by atoms with Gasteiger partial charge in [-0.3, -0.25) is 4.79 Å². The third-order valence-corrected chi connectivity index (χ3v) is 4.66. The van der Waals surface area contributed by atoms with Gasteiger partial charge in [-0.15, -0.1) is 0 Å². The summed E-state index contributed by atoms with van der Waals surface area (Å²) in [6.45, 7) is 5.38. The smallest absolute Gasteiger partial charge is 0.274 e. The van der Waals surface area contributed by atoms with Crippen LogP contribution in [0.2, 0.25) is 0 Å². The molecule has 1 aliphatic heterocycles. The van der Waals surface area contributed by atoms with E-state index < -0.39 is 0 Å². The maximum Gasteiger partial charge on any atom is 0.274 e. The zero-order chi connectivity index (χ0) is 20.2. The van der Waals surface area contributed by atoms with Crippen molar-refractivity contribution in [2.45, 2.75) is 19.8 Å². The zero-order valence-electron chi connectivity index (χ0n) is 16.4. The quantitative estimate of drug-likeness (QED) is 0.644. The monoisotopic (exact) mass is 389 g/mol. The van der Waals surface area contributed by atoms with Gasteiger partial charge >= 0.3 is 0 Å². The van der Waals surface area contributed by atoms with E-state index in [1.807, 2.05) is 48.5 Å². The first-order chi connectivity index (χ1) is 14.1. The standard InChI is InChI=1S/C23H23N3O3/c1-15(2)16-3-5-17(6-4-16)26-23(27)20-9-7-19(14-24-20)25-18-8-10-21-22(13-18)29-12-11-28-21/h3-10,13-15,25H,11-12H2,1-2H3,(H,26,27). The molecule has 0 atom stereocenters. The van der Waals surface area contributed by atoms with Crippen LogP contribution in [0.4, 0.5) is 17.1 Å². The molecule has 2 aromatic carbocycles. The molecule has 0 aliphatic carbocycles. The summed E-state index contributed by atoms with van der Waals surface area (Å²) < 4.78 is 11.1. The first-order valence-electron chi connectivity index (χ1n) is 9.62. The molecule has 3 aromatic rings. The van der Waals surface area contributed by atoms with Gasteiger partial charge in [0.25, 0.3) is 5.91 Å². The molecule has 0 saturated carbocycles. The summed E-state index contributed by atoms with van der Waals surface area (Å²) in [5.74, 6) is 1.67. The van der Waals surface area contributed by atoms with Crippen LogP contribution in [0.1, 0.15) is 35.8 Å². The lowest BCUT2D eigenvalue weighted by molar-refractivity contribution is 0.102. The number of amides is 1. The minimum absolute atomic E-state index is 0.242. The van der Waals surface area contributed by atoms with E-state index in [-0.39, 0.29) is 5.91 Å². The molecule has 1 aliphatic rings. The molecule has 0 spiro atoms. The molecule has 1 amide bonds. The van der Waals surface area contributed by atoms with Crippen LogP contribution in [0, 0.1) is 0 Å². The Labute approximate surface area is 169 Å². The minimum Gasteiger partial charge on any atom is -0.486 e. The minimum atomic E-state index is -0.242. The molecule has 2 heterocycles. The predicted octanol–water partition coefficient (Wildman–Crippen LogP) is 4.97. The third-order valence-electron chi connectivity index (χ3n) is 4.66. The van der Waals surface area contributed by atoms with E-state index in [2.05, 4.69) is 29.5 Å². The van der Waals surface area contributed by atoms with Gasteiger partial charge in [0.05, 0.1) is 11.9 Å². The molecule has 29 heavy (non-hydrogen) atoms. The number of carbonyl (C=O) groups excluding carboxylic acids is 1. The van der Waals surface area contributed by atoms with Crippen molar-refractivity contribution in [3.8, 4) is 11.5 Å². The number of hydrogen-bond donors (Lipinski definition) is 2. The number of rotatable bonds is 5. The molecule has 0 bridgehead atoms. The normalized spacial score (nSPS) is 12.5. The molecule has 4 rings (SSSR count). The summed E-state index contributed by atoms with van der Waals surface area (Å²) in [6.07, 6.45) is 1.63. The lowest BCUT2D eigenvalue weighted by Gasteiger charge is -2.19. The molecule has 6 nitrogen and oxygen atoms in total. The van der Waals surface area contributed by atoms with Gasteiger partial charge in [-0.1, -0.05) is 26.0 Å². The Morgan fingerprint density at radius 3 is 2.28 bits per heavy atom. The number of carbonyl (C=O) groups is 1.